The van der Waals surface area contributed by atoms with Crippen LogP contribution < -0.4 is 4.90 Å². The van der Waals surface area contributed by atoms with Crippen molar-refractivity contribution in [2.45, 2.75) is 6.42 Å². The van der Waals surface area contributed by atoms with Crippen LogP contribution in [0, 0.1) is 10.1 Å². The molecule has 1 heterocycles. The summed E-state index contributed by atoms with van der Waals surface area (Å²) in [6.45, 7) is 1.43. The Kier molecular flexibility index (Phi) is 3.18. The van der Waals surface area contributed by atoms with Crippen LogP contribution in [0.4, 0.5) is 11.4 Å². The lowest BCUT2D eigenvalue weighted by atomic mass is 10.1. The molecule has 0 spiro atoms. The van der Waals surface area contributed by atoms with Gasteiger partial charge in [0.05, 0.1) is 4.92 Å². The van der Waals surface area contributed by atoms with E-state index < -0.39 is 4.92 Å². The van der Waals surface area contributed by atoms with Crippen LogP contribution in [0.1, 0.15) is 16.8 Å². The number of aldehydes is 1. The summed E-state index contributed by atoms with van der Waals surface area (Å²) < 4.78 is 0. The molecule has 0 N–H and O–H groups in total. The fourth-order valence-corrected chi connectivity index (χ4v) is 1.89. The Bertz CT molecular complexity index is 483. The third kappa shape index (κ3) is 2.33. The van der Waals surface area contributed by atoms with Gasteiger partial charge in [0.15, 0.2) is 0 Å². The number of rotatable bonds is 3. The smallest absolute Gasteiger partial charge is 0.293 e. The standard InChI is InChI=1S/C12H12N2O3/c15-9-10-4-5-11(12(8-10)14(16)17)13-6-2-1-3-7-13/h1-2,4-5,8-9H,3,6-7H2. The fraction of sp³-hybridized carbons (Fsp3) is 0.250. The van der Waals surface area contributed by atoms with E-state index >= 15 is 0 Å². The minimum Gasteiger partial charge on any atom is -0.362 e. The lowest BCUT2D eigenvalue weighted by Crippen LogP contribution is -2.27. The summed E-state index contributed by atoms with van der Waals surface area (Å²) in [4.78, 5) is 23.1. The van der Waals surface area contributed by atoms with Crippen molar-refractivity contribution in [3.8, 4) is 0 Å². The van der Waals surface area contributed by atoms with Crippen LogP contribution in [-0.2, 0) is 0 Å². The third-order valence-corrected chi connectivity index (χ3v) is 2.73. The first-order valence-corrected chi connectivity index (χ1v) is 5.36. The van der Waals surface area contributed by atoms with Crippen molar-refractivity contribution >= 4 is 17.7 Å². The lowest BCUT2D eigenvalue weighted by Gasteiger charge is -2.25. The summed E-state index contributed by atoms with van der Waals surface area (Å²) in [5.41, 5.74) is 0.892. The van der Waals surface area contributed by atoms with Gasteiger partial charge >= 0.3 is 0 Å². The maximum absolute atomic E-state index is 11.0. The summed E-state index contributed by atoms with van der Waals surface area (Å²) in [6, 6.07) is 4.56. The fourth-order valence-electron chi connectivity index (χ4n) is 1.89. The van der Waals surface area contributed by atoms with Gasteiger partial charge < -0.3 is 4.90 Å². The van der Waals surface area contributed by atoms with Crippen LogP contribution in [0.15, 0.2) is 30.4 Å². The normalized spacial score (nSPS) is 14.7. The third-order valence-electron chi connectivity index (χ3n) is 2.73. The Morgan fingerprint density at radius 2 is 2.18 bits per heavy atom. The Balaban J connectivity index is 2.41. The molecule has 1 aromatic rings. The quantitative estimate of drug-likeness (QED) is 0.347. The van der Waals surface area contributed by atoms with Crippen LogP contribution in [0.25, 0.3) is 0 Å². The van der Waals surface area contributed by atoms with Crippen molar-refractivity contribution in [1.82, 2.24) is 0 Å². The molecule has 2 rings (SSSR count). The molecule has 0 fully saturated rings. The van der Waals surface area contributed by atoms with E-state index in [0.717, 1.165) is 13.0 Å². The summed E-state index contributed by atoms with van der Waals surface area (Å²) in [7, 11) is 0. The Hall–Kier alpha value is -2.17. The van der Waals surface area contributed by atoms with E-state index in [0.29, 0.717) is 24.1 Å². The van der Waals surface area contributed by atoms with E-state index in [-0.39, 0.29) is 5.69 Å². The molecular formula is C12H12N2O3. The first-order chi connectivity index (χ1) is 8.22. The number of carbonyl (C=O) groups excluding carboxylic acids is 1. The highest BCUT2D eigenvalue weighted by Gasteiger charge is 2.20. The number of hydrogen-bond acceptors (Lipinski definition) is 4. The number of nitrogens with zero attached hydrogens (tertiary/aromatic N) is 2. The molecule has 0 atom stereocenters. The molecule has 0 amide bonds. The molecule has 1 aliphatic heterocycles. The predicted octanol–water partition coefficient (Wildman–Crippen LogP) is 2.17. The molecule has 0 radical (unpaired) electrons. The molecule has 0 unspecified atom stereocenters. The molecule has 0 aliphatic carbocycles. The average molecular weight is 232 g/mol. The Morgan fingerprint density at radius 3 is 2.76 bits per heavy atom. The van der Waals surface area contributed by atoms with Crippen LogP contribution in [-0.4, -0.2) is 24.3 Å². The highest BCUT2D eigenvalue weighted by atomic mass is 16.6. The van der Waals surface area contributed by atoms with Crippen molar-refractivity contribution in [2.24, 2.45) is 0 Å². The van der Waals surface area contributed by atoms with Gasteiger partial charge in [-0.25, -0.2) is 0 Å². The SMILES string of the molecule is O=Cc1ccc(N2CC=CCC2)c([N+](=O)[O-])c1. The highest BCUT2D eigenvalue weighted by molar-refractivity contribution is 5.79. The zero-order valence-electron chi connectivity index (χ0n) is 9.20. The van der Waals surface area contributed by atoms with Crippen molar-refractivity contribution < 1.29 is 9.72 Å². The zero-order chi connectivity index (χ0) is 12.3. The van der Waals surface area contributed by atoms with Gasteiger partial charge in [0, 0.05) is 24.7 Å². The topological polar surface area (TPSA) is 63.5 Å². The molecule has 0 saturated carbocycles. The molecule has 5 heteroatoms. The van der Waals surface area contributed by atoms with E-state index in [1.165, 1.54) is 6.07 Å². The second-order valence-electron chi connectivity index (χ2n) is 3.83. The summed E-state index contributed by atoms with van der Waals surface area (Å²) in [5, 5.41) is 11.0. The van der Waals surface area contributed by atoms with Crippen LogP contribution >= 0.6 is 0 Å². The molecule has 5 nitrogen and oxygen atoms in total. The molecule has 1 aliphatic rings. The van der Waals surface area contributed by atoms with E-state index in [9.17, 15) is 14.9 Å². The number of carbonyl (C=O) groups is 1. The minimum atomic E-state index is -0.444. The van der Waals surface area contributed by atoms with Crippen LogP contribution in [0.2, 0.25) is 0 Å². The molecular weight excluding hydrogens is 220 g/mol. The first-order valence-electron chi connectivity index (χ1n) is 5.36. The van der Waals surface area contributed by atoms with Crippen molar-refractivity contribution in [2.75, 3.05) is 18.0 Å². The lowest BCUT2D eigenvalue weighted by molar-refractivity contribution is -0.384. The van der Waals surface area contributed by atoms with Gasteiger partial charge in [-0.05, 0) is 18.6 Å². The molecule has 0 saturated heterocycles. The van der Waals surface area contributed by atoms with Crippen molar-refractivity contribution in [3.05, 3.63) is 46.0 Å². The molecule has 1 aromatic carbocycles. The average Bonchev–Trinajstić information content (AvgIpc) is 2.39. The minimum absolute atomic E-state index is 0.00935. The van der Waals surface area contributed by atoms with Gasteiger partial charge in [0.2, 0.25) is 0 Å². The number of nitro benzene ring substituents is 1. The Morgan fingerprint density at radius 1 is 1.35 bits per heavy atom. The maximum Gasteiger partial charge on any atom is 0.293 e. The first kappa shape index (κ1) is 11.3. The van der Waals surface area contributed by atoms with E-state index in [1.54, 1.807) is 12.1 Å². The monoisotopic (exact) mass is 232 g/mol. The number of benzene rings is 1. The van der Waals surface area contributed by atoms with E-state index in [4.69, 9.17) is 0 Å². The van der Waals surface area contributed by atoms with E-state index in [2.05, 4.69) is 6.08 Å². The number of anilines is 1. The van der Waals surface area contributed by atoms with Crippen LogP contribution in [0.5, 0.6) is 0 Å². The van der Waals surface area contributed by atoms with Crippen LogP contribution in [0.3, 0.4) is 0 Å². The number of hydrogen-bond donors (Lipinski definition) is 0. The van der Waals surface area contributed by atoms with Gasteiger partial charge in [-0.2, -0.15) is 0 Å². The van der Waals surface area contributed by atoms with Gasteiger partial charge in [-0.3, -0.25) is 14.9 Å². The van der Waals surface area contributed by atoms with Gasteiger partial charge in [0.25, 0.3) is 5.69 Å². The molecule has 0 aromatic heterocycles. The number of nitro groups is 1. The van der Waals surface area contributed by atoms with Gasteiger partial charge in [-0.15, -0.1) is 0 Å². The molecule has 17 heavy (non-hydrogen) atoms. The zero-order valence-corrected chi connectivity index (χ0v) is 9.20. The van der Waals surface area contributed by atoms with Gasteiger partial charge in [0.1, 0.15) is 12.0 Å². The van der Waals surface area contributed by atoms with Crippen molar-refractivity contribution in [3.63, 3.8) is 0 Å². The Labute approximate surface area is 98.5 Å². The second kappa shape index (κ2) is 4.78. The second-order valence-corrected chi connectivity index (χ2v) is 3.83. The largest absolute Gasteiger partial charge is 0.362 e. The summed E-state index contributed by atoms with van der Waals surface area (Å²) >= 11 is 0. The van der Waals surface area contributed by atoms with Crippen molar-refractivity contribution in [1.29, 1.82) is 0 Å². The predicted molar refractivity (Wildman–Crippen MR) is 64.5 cm³/mol. The summed E-state index contributed by atoms with van der Waals surface area (Å²) in [5.74, 6) is 0. The molecule has 0 bridgehead atoms. The molecule has 88 valence electrons. The van der Waals surface area contributed by atoms with Gasteiger partial charge in [-0.1, -0.05) is 12.2 Å². The highest BCUT2D eigenvalue weighted by Crippen LogP contribution is 2.29. The summed E-state index contributed by atoms with van der Waals surface area (Å²) in [6.07, 6.45) is 5.54. The van der Waals surface area contributed by atoms with E-state index in [1.807, 2.05) is 11.0 Å². The maximum atomic E-state index is 11.0.